The van der Waals surface area contributed by atoms with E-state index in [0.717, 1.165) is 25.9 Å². The van der Waals surface area contributed by atoms with Crippen molar-refractivity contribution in [1.29, 1.82) is 0 Å². The van der Waals surface area contributed by atoms with E-state index in [1.54, 1.807) is 0 Å². The monoisotopic (exact) mass is 332 g/mol. The number of piperidine rings is 1. The van der Waals surface area contributed by atoms with Crippen molar-refractivity contribution in [2.45, 2.75) is 65.1 Å². The Balaban J connectivity index is 1.85. The van der Waals surface area contributed by atoms with Crippen molar-refractivity contribution in [3.8, 4) is 0 Å². The zero-order valence-corrected chi connectivity index (χ0v) is 15.3. The molecule has 1 aromatic rings. The first kappa shape index (κ1) is 18.9. The quantitative estimate of drug-likeness (QED) is 0.765. The van der Waals surface area contributed by atoms with Gasteiger partial charge < -0.3 is 10.4 Å². The maximum atomic E-state index is 11.6. The molecule has 0 aromatic heterocycles. The first-order valence-electron chi connectivity index (χ1n) is 9.25. The largest absolute Gasteiger partial charge is 0.481 e. The van der Waals surface area contributed by atoms with Crippen molar-refractivity contribution in [2.24, 2.45) is 5.41 Å². The van der Waals surface area contributed by atoms with Gasteiger partial charge in [-0.25, -0.2) is 0 Å². The van der Waals surface area contributed by atoms with Gasteiger partial charge in [0.15, 0.2) is 0 Å². The Bertz CT molecular complexity index is 514. The number of hydrogen-bond donors (Lipinski definition) is 2. The smallest absolute Gasteiger partial charge is 0.310 e. The lowest BCUT2D eigenvalue weighted by Crippen LogP contribution is -2.50. The maximum Gasteiger partial charge on any atom is 0.310 e. The van der Waals surface area contributed by atoms with Crippen LogP contribution >= 0.6 is 0 Å². The summed E-state index contributed by atoms with van der Waals surface area (Å²) in [4.78, 5) is 14.2. The molecule has 0 radical (unpaired) electrons. The van der Waals surface area contributed by atoms with E-state index in [2.05, 4.69) is 47.5 Å². The Morgan fingerprint density at radius 1 is 1.29 bits per heavy atom. The van der Waals surface area contributed by atoms with Gasteiger partial charge in [0.2, 0.25) is 0 Å². The number of carboxylic acids is 1. The molecule has 134 valence electrons. The van der Waals surface area contributed by atoms with Crippen LogP contribution in [0.1, 0.15) is 52.0 Å². The fourth-order valence-corrected chi connectivity index (χ4v) is 3.68. The van der Waals surface area contributed by atoms with Gasteiger partial charge in [-0.15, -0.1) is 0 Å². The van der Waals surface area contributed by atoms with E-state index in [0.29, 0.717) is 31.5 Å². The number of nitrogens with one attached hydrogen (secondary N) is 1. The van der Waals surface area contributed by atoms with E-state index in [9.17, 15) is 9.90 Å². The van der Waals surface area contributed by atoms with Crippen LogP contribution in [0.25, 0.3) is 0 Å². The third kappa shape index (κ3) is 4.58. The molecule has 2 atom stereocenters. The molecule has 0 spiro atoms. The molecule has 0 aliphatic carbocycles. The average molecular weight is 332 g/mol. The molecule has 0 amide bonds. The summed E-state index contributed by atoms with van der Waals surface area (Å²) in [7, 11) is 0. The molecule has 0 saturated carbocycles. The molecule has 2 unspecified atom stereocenters. The molecule has 1 fully saturated rings. The zero-order valence-electron chi connectivity index (χ0n) is 15.3. The number of likely N-dealkylation sites (tertiary alicyclic amines) is 1. The SMILES string of the molecule is CCC(CC)(CNC1CCN(Cc2ccccc2)C(C)C1)C(=O)O. The fourth-order valence-electron chi connectivity index (χ4n) is 3.68. The summed E-state index contributed by atoms with van der Waals surface area (Å²) in [6.07, 6.45) is 3.51. The number of hydrogen-bond acceptors (Lipinski definition) is 3. The van der Waals surface area contributed by atoms with Crippen molar-refractivity contribution < 1.29 is 9.90 Å². The van der Waals surface area contributed by atoms with Crippen molar-refractivity contribution in [3.05, 3.63) is 35.9 Å². The van der Waals surface area contributed by atoms with Gasteiger partial charge in [0, 0.05) is 31.7 Å². The predicted molar refractivity (Wildman–Crippen MR) is 98.0 cm³/mol. The van der Waals surface area contributed by atoms with Crippen LogP contribution in [0, 0.1) is 5.41 Å². The Morgan fingerprint density at radius 3 is 2.50 bits per heavy atom. The molecule has 1 saturated heterocycles. The number of rotatable bonds is 8. The lowest BCUT2D eigenvalue weighted by Gasteiger charge is -2.39. The molecule has 4 heteroatoms. The van der Waals surface area contributed by atoms with Crippen LogP contribution in [0.5, 0.6) is 0 Å². The minimum Gasteiger partial charge on any atom is -0.481 e. The van der Waals surface area contributed by atoms with Gasteiger partial charge in [0.25, 0.3) is 0 Å². The third-order valence-corrected chi connectivity index (χ3v) is 5.78. The van der Waals surface area contributed by atoms with Gasteiger partial charge in [0.05, 0.1) is 5.41 Å². The van der Waals surface area contributed by atoms with Crippen molar-refractivity contribution in [3.63, 3.8) is 0 Å². The highest BCUT2D eigenvalue weighted by atomic mass is 16.4. The van der Waals surface area contributed by atoms with E-state index in [1.807, 2.05) is 13.8 Å². The minimum atomic E-state index is -0.672. The van der Waals surface area contributed by atoms with Gasteiger partial charge in [0.1, 0.15) is 0 Å². The number of benzene rings is 1. The lowest BCUT2D eigenvalue weighted by atomic mass is 9.82. The molecule has 4 nitrogen and oxygen atoms in total. The summed E-state index contributed by atoms with van der Waals surface area (Å²) in [5, 5.41) is 13.1. The van der Waals surface area contributed by atoms with Gasteiger partial charge >= 0.3 is 5.97 Å². The highest BCUT2D eigenvalue weighted by molar-refractivity contribution is 5.74. The van der Waals surface area contributed by atoms with Crippen LogP contribution in [0.3, 0.4) is 0 Å². The van der Waals surface area contributed by atoms with Crippen molar-refractivity contribution >= 4 is 5.97 Å². The second-order valence-electron chi connectivity index (χ2n) is 7.20. The number of aliphatic carboxylic acids is 1. The lowest BCUT2D eigenvalue weighted by molar-refractivity contribution is -0.149. The van der Waals surface area contributed by atoms with Gasteiger partial charge in [-0.3, -0.25) is 9.69 Å². The van der Waals surface area contributed by atoms with Gasteiger partial charge in [-0.1, -0.05) is 44.2 Å². The first-order valence-corrected chi connectivity index (χ1v) is 9.25. The Labute approximate surface area is 146 Å². The van der Waals surface area contributed by atoms with E-state index < -0.39 is 11.4 Å². The molecule has 2 N–H and O–H groups in total. The second kappa shape index (κ2) is 8.63. The topological polar surface area (TPSA) is 52.6 Å². The predicted octanol–water partition coefficient (Wildman–Crippen LogP) is 3.52. The summed E-state index contributed by atoms with van der Waals surface area (Å²) in [6.45, 7) is 8.87. The summed E-state index contributed by atoms with van der Waals surface area (Å²) in [5.74, 6) is -0.672. The molecule has 1 aliphatic rings. The minimum absolute atomic E-state index is 0.420. The summed E-state index contributed by atoms with van der Waals surface area (Å²) >= 11 is 0. The van der Waals surface area contributed by atoms with E-state index >= 15 is 0 Å². The van der Waals surface area contributed by atoms with E-state index in [1.165, 1.54) is 5.56 Å². The molecular formula is C20H32N2O2. The molecule has 1 aromatic carbocycles. The van der Waals surface area contributed by atoms with Crippen LogP contribution in [-0.4, -0.2) is 41.1 Å². The summed E-state index contributed by atoms with van der Waals surface area (Å²) in [5.41, 5.74) is 0.738. The van der Waals surface area contributed by atoms with E-state index in [-0.39, 0.29) is 0 Å². The third-order valence-electron chi connectivity index (χ3n) is 5.78. The van der Waals surface area contributed by atoms with Crippen LogP contribution < -0.4 is 5.32 Å². The van der Waals surface area contributed by atoms with Gasteiger partial charge in [-0.05, 0) is 38.2 Å². The second-order valence-corrected chi connectivity index (χ2v) is 7.20. The summed E-state index contributed by atoms with van der Waals surface area (Å²) in [6, 6.07) is 11.5. The normalized spacial score (nSPS) is 22.5. The van der Waals surface area contributed by atoms with E-state index in [4.69, 9.17) is 0 Å². The van der Waals surface area contributed by atoms with Crippen LogP contribution in [0.2, 0.25) is 0 Å². The van der Waals surface area contributed by atoms with Crippen LogP contribution in [-0.2, 0) is 11.3 Å². The average Bonchev–Trinajstić information content (AvgIpc) is 2.59. The highest BCUT2D eigenvalue weighted by Crippen LogP contribution is 2.27. The number of carbonyl (C=O) groups is 1. The Hall–Kier alpha value is -1.39. The summed E-state index contributed by atoms with van der Waals surface area (Å²) < 4.78 is 0. The van der Waals surface area contributed by atoms with Crippen molar-refractivity contribution in [1.82, 2.24) is 10.2 Å². The number of nitrogens with zero attached hydrogens (tertiary/aromatic N) is 1. The Kier molecular flexibility index (Phi) is 6.81. The molecular weight excluding hydrogens is 300 g/mol. The maximum absolute atomic E-state index is 11.6. The fraction of sp³-hybridized carbons (Fsp3) is 0.650. The highest BCUT2D eigenvalue weighted by Gasteiger charge is 2.36. The van der Waals surface area contributed by atoms with Crippen LogP contribution in [0.4, 0.5) is 0 Å². The first-order chi connectivity index (χ1) is 11.5. The molecule has 24 heavy (non-hydrogen) atoms. The number of carboxylic acid groups (broad SMARTS) is 1. The Morgan fingerprint density at radius 2 is 1.96 bits per heavy atom. The zero-order chi connectivity index (χ0) is 17.6. The molecule has 1 heterocycles. The van der Waals surface area contributed by atoms with Crippen LogP contribution in [0.15, 0.2) is 30.3 Å². The standard InChI is InChI=1S/C20H32N2O2/c1-4-20(5-2,19(23)24)15-21-18-11-12-22(16(3)13-18)14-17-9-7-6-8-10-17/h6-10,16,18,21H,4-5,11-15H2,1-3H3,(H,23,24). The molecule has 2 rings (SSSR count). The molecule has 1 aliphatic heterocycles. The molecule has 0 bridgehead atoms. The van der Waals surface area contributed by atoms with Gasteiger partial charge in [-0.2, -0.15) is 0 Å². The van der Waals surface area contributed by atoms with Crippen molar-refractivity contribution in [2.75, 3.05) is 13.1 Å².